The van der Waals surface area contributed by atoms with E-state index in [0.717, 1.165) is 28.0 Å². The maximum absolute atomic E-state index is 9.97. The Hall–Kier alpha value is -1.53. The second-order valence-electron chi connectivity index (χ2n) is 4.82. The van der Waals surface area contributed by atoms with Crippen LogP contribution in [0.3, 0.4) is 0 Å². The lowest BCUT2D eigenvalue weighted by atomic mass is 10.3. The zero-order valence-electron chi connectivity index (χ0n) is 12.2. The molecule has 0 spiro atoms. The van der Waals surface area contributed by atoms with Crippen LogP contribution in [0.4, 0.5) is 5.69 Å². The average Bonchev–Trinajstić information content (AvgIpc) is 2.84. The molecule has 1 unspecified atom stereocenters. The lowest BCUT2D eigenvalue weighted by Crippen LogP contribution is -2.26. The average molecular weight is 354 g/mol. The van der Waals surface area contributed by atoms with E-state index in [2.05, 4.69) is 33.3 Å². The van der Waals surface area contributed by atoms with Gasteiger partial charge in [-0.1, -0.05) is 22.9 Å². The molecule has 21 heavy (non-hydrogen) atoms. The summed E-state index contributed by atoms with van der Waals surface area (Å²) in [4.78, 5) is 0. The molecular formula is C15H20BrN3O2. The molecule has 1 heterocycles. The maximum atomic E-state index is 9.97. The van der Waals surface area contributed by atoms with Gasteiger partial charge in [0, 0.05) is 24.3 Å². The van der Waals surface area contributed by atoms with Crippen molar-refractivity contribution >= 4 is 21.6 Å². The van der Waals surface area contributed by atoms with Crippen LogP contribution < -0.4 is 10.1 Å². The summed E-state index contributed by atoms with van der Waals surface area (Å²) in [5, 5.41) is 17.5. The third kappa shape index (κ3) is 4.75. The highest BCUT2D eigenvalue weighted by Crippen LogP contribution is 2.16. The minimum absolute atomic E-state index is 0.246. The predicted octanol–water partition coefficient (Wildman–Crippen LogP) is 2.60. The topological polar surface area (TPSA) is 59.3 Å². The number of aryl methyl sites for hydroxylation is 2. The van der Waals surface area contributed by atoms with Gasteiger partial charge in [-0.3, -0.25) is 4.68 Å². The molecular weight excluding hydrogens is 334 g/mol. The summed E-state index contributed by atoms with van der Waals surface area (Å²) in [5.74, 6) is 0.743. The molecule has 2 aromatic rings. The van der Waals surface area contributed by atoms with E-state index in [1.807, 2.05) is 37.5 Å². The zero-order chi connectivity index (χ0) is 15.2. The van der Waals surface area contributed by atoms with Gasteiger partial charge in [-0.05, 0) is 30.7 Å². The predicted molar refractivity (Wildman–Crippen MR) is 86.7 cm³/mol. The van der Waals surface area contributed by atoms with E-state index in [1.54, 1.807) is 4.68 Å². The van der Waals surface area contributed by atoms with E-state index in [1.165, 1.54) is 0 Å². The quantitative estimate of drug-likeness (QED) is 0.803. The summed E-state index contributed by atoms with van der Waals surface area (Å²) < 4.78 is 8.31. The highest BCUT2D eigenvalue weighted by molar-refractivity contribution is 9.10. The number of benzene rings is 1. The minimum atomic E-state index is -0.585. The molecule has 0 saturated heterocycles. The Morgan fingerprint density at radius 3 is 2.76 bits per heavy atom. The smallest absolute Gasteiger partial charge is 0.119 e. The van der Waals surface area contributed by atoms with Crippen LogP contribution in [0.1, 0.15) is 12.6 Å². The molecule has 0 aliphatic carbocycles. The number of ether oxygens (including phenoxy) is 1. The molecule has 0 aliphatic rings. The van der Waals surface area contributed by atoms with Crippen LogP contribution >= 0.6 is 15.9 Å². The van der Waals surface area contributed by atoms with Gasteiger partial charge >= 0.3 is 0 Å². The Morgan fingerprint density at radius 1 is 1.38 bits per heavy atom. The Labute approximate surface area is 133 Å². The van der Waals surface area contributed by atoms with Crippen LogP contribution in [-0.4, -0.2) is 34.1 Å². The van der Waals surface area contributed by atoms with E-state index < -0.39 is 6.10 Å². The van der Waals surface area contributed by atoms with Crippen molar-refractivity contribution in [2.45, 2.75) is 19.4 Å². The van der Waals surface area contributed by atoms with E-state index in [4.69, 9.17) is 4.74 Å². The highest BCUT2D eigenvalue weighted by atomic mass is 79.9. The number of aliphatic hydroxyl groups excluding tert-OH is 1. The summed E-state index contributed by atoms with van der Waals surface area (Å²) in [6.07, 6.45) is 2.19. The van der Waals surface area contributed by atoms with Gasteiger partial charge in [0.15, 0.2) is 0 Å². The number of halogens is 1. The third-order valence-corrected chi connectivity index (χ3v) is 3.55. The van der Waals surface area contributed by atoms with E-state index >= 15 is 0 Å². The number of hydrogen-bond acceptors (Lipinski definition) is 4. The van der Waals surface area contributed by atoms with Gasteiger partial charge in [-0.25, -0.2) is 0 Å². The van der Waals surface area contributed by atoms with Crippen LogP contribution in [-0.2, 0) is 13.5 Å². The molecule has 2 rings (SSSR count). The molecule has 2 N–H and O–H groups in total. The van der Waals surface area contributed by atoms with Crippen molar-refractivity contribution < 1.29 is 9.84 Å². The molecule has 0 radical (unpaired) electrons. The second-order valence-corrected chi connectivity index (χ2v) is 5.73. The fourth-order valence-corrected chi connectivity index (χ4v) is 2.22. The lowest BCUT2D eigenvalue weighted by Gasteiger charge is -2.13. The number of aliphatic hydroxyl groups is 1. The lowest BCUT2D eigenvalue weighted by molar-refractivity contribution is 0.117. The minimum Gasteiger partial charge on any atom is -0.491 e. The third-order valence-electron chi connectivity index (χ3n) is 3.02. The van der Waals surface area contributed by atoms with Crippen molar-refractivity contribution in [2.24, 2.45) is 7.05 Å². The van der Waals surface area contributed by atoms with Gasteiger partial charge in [-0.2, -0.15) is 5.10 Å². The first kappa shape index (κ1) is 15.9. The van der Waals surface area contributed by atoms with Crippen molar-refractivity contribution in [1.29, 1.82) is 0 Å². The first-order chi connectivity index (χ1) is 10.1. The fraction of sp³-hybridized carbons (Fsp3) is 0.400. The normalized spacial score (nSPS) is 12.2. The van der Waals surface area contributed by atoms with Gasteiger partial charge in [-0.15, -0.1) is 0 Å². The molecule has 0 saturated carbocycles. The fourth-order valence-electron chi connectivity index (χ4n) is 1.95. The Morgan fingerprint density at radius 2 is 2.10 bits per heavy atom. The van der Waals surface area contributed by atoms with Crippen molar-refractivity contribution in [3.8, 4) is 5.75 Å². The van der Waals surface area contributed by atoms with Gasteiger partial charge in [0.05, 0.1) is 11.4 Å². The van der Waals surface area contributed by atoms with Crippen molar-refractivity contribution in [2.75, 3.05) is 18.5 Å². The highest BCUT2D eigenvalue weighted by Gasteiger charge is 2.09. The first-order valence-corrected chi connectivity index (χ1v) is 7.70. The molecule has 1 aromatic carbocycles. The van der Waals surface area contributed by atoms with Crippen LogP contribution in [0.25, 0.3) is 0 Å². The molecule has 1 aromatic heterocycles. The largest absolute Gasteiger partial charge is 0.491 e. The summed E-state index contributed by atoms with van der Waals surface area (Å²) in [6.45, 7) is 2.73. The standard InChI is InChI=1S/C15H20BrN3O2/c1-3-14-15(9-19(2)18-14)17-8-12(20)10-21-13-6-4-11(16)5-7-13/h4-7,9,12,17,20H,3,8,10H2,1-2H3. The van der Waals surface area contributed by atoms with E-state index in [9.17, 15) is 5.11 Å². The molecule has 0 bridgehead atoms. The van der Waals surface area contributed by atoms with Gasteiger partial charge in [0.25, 0.3) is 0 Å². The van der Waals surface area contributed by atoms with Crippen molar-refractivity contribution in [3.05, 3.63) is 40.6 Å². The van der Waals surface area contributed by atoms with Gasteiger partial charge in [0.2, 0.25) is 0 Å². The van der Waals surface area contributed by atoms with Crippen LogP contribution in [0.2, 0.25) is 0 Å². The number of nitrogens with zero attached hydrogens (tertiary/aromatic N) is 2. The summed E-state index contributed by atoms with van der Waals surface area (Å²) in [5.41, 5.74) is 1.96. The van der Waals surface area contributed by atoms with Gasteiger partial charge < -0.3 is 15.2 Å². The zero-order valence-corrected chi connectivity index (χ0v) is 13.8. The molecule has 0 fully saturated rings. The Bertz CT molecular complexity index is 569. The Kier molecular flexibility index (Phi) is 5.64. The maximum Gasteiger partial charge on any atom is 0.119 e. The van der Waals surface area contributed by atoms with Crippen LogP contribution in [0.5, 0.6) is 5.75 Å². The molecule has 5 nitrogen and oxygen atoms in total. The molecule has 0 amide bonds. The second kappa shape index (κ2) is 7.47. The summed E-state index contributed by atoms with van der Waals surface area (Å²) in [7, 11) is 1.89. The van der Waals surface area contributed by atoms with Crippen LogP contribution in [0.15, 0.2) is 34.9 Å². The van der Waals surface area contributed by atoms with Crippen molar-refractivity contribution in [3.63, 3.8) is 0 Å². The molecule has 0 aliphatic heterocycles. The molecule has 6 heteroatoms. The Balaban J connectivity index is 1.79. The summed E-state index contributed by atoms with van der Waals surface area (Å²) in [6, 6.07) is 7.54. The number of aromatic nitrogens is 2. The van der Waals surface area contributed by atoms with E-state index in [0.29, 0.717) is 6.54 Å². The number of nitrogens with one attached hydrogen (secondary N) is 1. The number of anilines is 1. The molecule has 1 atom stereocenters. The number of hydrogen-bond donors (Lipinski definition) is 2. The van der Waals surface area contributed by atoms with E-state index in [-0.39, 0.29) is 6.61 Å². The summed E-state index contributed by atoms with van der Waals surface area (Å²) >= 11 is 3.37. The molecule has 114 valence electrons. The monoisotopic (exact) mass is 353 g/mol. The SMILES string of the molecule is CCc1nn(C)cc1NCC(O)COc1ccc(Br)cc1. The number of rotatable bonds is 7. The first-order valence-electron chi connectivity index (χ1n) is 6.91. The van der Waals surface area contributed by atoms with Crippen LogP contribution in [0, 0.1) is 0 Å². The van der Waals surface area contributed by atoms with Gasteiger partial charge in [0.1, 0.15) is 18.5 Å². The van der Waals surface area contributed by atoms with Crippen molar-refractivity contribution in [1.82, 2.24) is 9.78 Å².